The fraction of sp³-hybridized carbons (Fsp3) is 0. The summed E-state index contributed by atoms with van der Waals surface area (Å²) in [5.74, 6) is 0. The Hall–Kier alpha value is -2.82. The second-order valence-corrected chi connectivity index (χ2v) is 2.36. The fourth-order valence-corrected chi connectivity index (χ4v) is 1.02. The first-order valence-electron chi connectivity index (χ1n) is 3.56. The van der Waals surface area contributed by atoms with Crippen LogP contribution in [0, 0.1) is 45.3 Å². The van der Waals surface area contributed by atoms with Gasteiger partial charge in [0.25, 0.3) is 0 Å². The van der Waals surface area contributed by atoms with E-state index in [1.165, 1.54) is 12.1 Å². The number of nitrogens with zero attached hydrogens (tertiary/aromatic N) is 4. The van der Waals surface area contributed by atoms with Crippen molar-refractivity contribution in [2.24, 2.45) is 0 Å². The monoisotopic (exact) mass is 178 g/mol. The van der Waals surface area contributed by atoms with Crippen molar-refractivity contribution in [3.8, 4) is 24.3 Å². The van der Waals surface area contributed by atoms with E-state index in [1.807, 2.05) is 0 Å². The first kappa shape index (κ1) is 9.27. The molecule has 0 aliphatic carbocycles. The van der Waals surface area contributed by atoms with Crippen molar-refractivity contribution < 1.29 is 0 Å². The predicted octanol–water partition coefficient (Wildman–Crippen LogP) is 1.17. The smallest absolute Gasteiger partial charge is 0.102 e. The predicted molar refractivity (Wildman–Crippen MR) is 45.3 cm³/mol. The molecule has 0 amide bonds. The standard InChI is InChI=1S/C10H2N4/c11-3-7-1-2-8(4-12)10(6-14)9(7)5-13/h1-2H. The first-order valence-corrected chi connectivity index (χ1v) is 3.56. The van der Waals surface area contributed by atoms with Gasteiger partial charge in [-0.3, -0.25) is 0 Å². The van der Waals surface area contributed by atoms with Gasteiger partial charge in [-0.15, -0.1) is 0 Å². The number of rotatable bonds is 0. The van der Waals surface area contributed by atoms with E-state index in [4.69, 9.17) is 21.0 Å². The van der Waals surface area contributed by atoms with Gasteiger partial charge in [0.15, 0.2) is 0 Å². The van der Waals surface area contributed by atoms with Crippen LogP contribution in [0.1, 0.15) is 22.3 Å². The van der Waals surface area contributed by atoms with Gasteiger partial charge in [-0.2, -0.15) is 21.0 Å². The Bertz CT molecular complexity index is 493. The Kier molecular flexibility index (Phi) is 2.46. The number of hydrogen-bond acceptors (Lipinski definition) is 4. The topological polar surface area (TPSA) is 95.2 Å². The van der Waals surface area contributed by atoms with Crippen molar-refractivity contribution in [1.29, 1.82) is 21.0 Å². The summed E-state index contributed by atoms with van der Waals surface area (Å²) in [6, 6.07) is 9.79. The van der Waals surface area contributed by atoms with Gasteiger partial charge in [0, 0.05) is 0 Å². The summed E-state index contributed by atoms with van der Waals surface area (Å²) >= 11 is 0. The largest absolute Gasteiger partial charge is 0.192 e. The van der Waals surface area contributed by atoms with Crippen LogP contribution >= 0.6 is 0 Å². The molecular formula is C10H2N4. The third-order valence-corrected chi connectivity index (χ3v) is 1.67. The Morgan fingerprint density at radius 2 is 1.00 bits per heavy atom. The molecule has 0 spiro atoms. The van der Waals surface area contributed by atoms with Crippen LogP contribution in [0.4, 0.5) is 0 Å². The normalized spacial score (nSPS) is 7.71. The van der Waals surface area contributed by atoms with Crippen LogP contribution in [0.25, 0.3) is 0 Å². The Morgan fingerprint density at radius 1 is 0.643 bits per heavy atom. The lowest BCUT2D eigenvalue weighted by Gasteiger charge is -1.98. The molecule has 0 saturated heterocycles. The molecule has 1 rings (SSSR count). The van der Waals surface area contributed by atoms with Gasteiger partial charge in [0.1, 0.15) is 24.3 Å². The molecule has 0 saturated carbocycles. The summed E-state index contributed by atoms with van der Waals surface area (Å²) in [5, 5.41) is 34.7. The van der Waals surface area contributed by atoms with E-state index in [2.05, 4.69) is 0 Å². The number of benzene rings is 1. The zero-order valence-corrected chi connectivity index (χ0v) is 6.94. The molecular weight excluding hydrogens is 176 g/mol. The molecule has 0 radical (unpaired) electrons. The molecule has 0 heterocycles. The molecule has 0 fully saturated rings. The highest BCUT2D eigenvalue weighted by molar-refractivity contribution is 5.61. The Morgan fingerprint density at radius 3 is 1.21 bits per heavy atom. The van der Waals surface area contributed by atoms with Crippen molar-refractivity contribution in [2.45, 2.75) is 0 Å². The average Bonchev–Trinajstić information content (AvgIpc) is 2.26. The summed E-state index contributed by atoms with van der Waals surface area (Å²) in [6.45, 7) is 0. The SMILES string of the molecule is N#Cc1ccc(C#N)c(C#N)c1C#N. The summed E-state index contributed by atoms with van der Waals surface area (Å²) in [6.07, 6.45) is 0. The average molecular weight is 178 g/mol. The van der Waals surface area contributed by atoms with Crippen molar-refractivity contribution in [2.75, 3.05) is 0 Å². The maximum Gasteiger partial charge on any atom is 0.102 e. The Balaban J connectivity index is 3.70. The van der Waals surface area contributed by atoms with Gasteiger partial charge in [-0.25, -0.2) is 0 Å². The molecule has 4 nitrogen and oxygen atoms in total. The second kappa shape index (κ2) is 3.72. The third-order valence-electron chi connectivity index (χ3n) is 1.67. The number of nitriles is 4. The molecule has 4 heteroatoms. The lowest BCUT2D eigenvalue weighted by molar-refractivity contribution is 1.37. The van der Waals surface area contributed by atoms with Crippen LogP contribution in [0.2, 0.25) is 0 Å². The van der Waals surface area contributed by atoms with Crippen LogP contribution in [0.15, 0.2) is 12.1 Å². The van der Waals surface area contributed by atoms with Gasteiger partial charge < -0.3 is 0 Å². The molecule has 0 aliphatic rings. The van der Waals surface area contributed by atoms with Crippen LogP contribution < -0.4 is 0 Å². The minimum atomic E-state index is -0.0333. The Labute approximate surface area is 80.5 Å². The molecule has 0 N–H and O–H groups in total. The van der Waals surface area contributed by atoms with Gasteiger partial charge in [0.05, 0.1) is 22.3 Å². The summed E-state index contributed by atoms with van der Waals surface area (Å²) in [5.41, 5.74) is 0.161. The number of hydrogen-bond donors (Lipinski definition) is 0. The minimum Gasteiger partial charge on any atom is -0.192 e. The zero-order valence-electron chi connectivity index (χ0n) is 6.94. The molecule has 1 aromatic carbocycles. The van der Waals surface area contributed by atoms with Crippen LogP contribution in [0.3, 0.4) is 0 Å². The first-order chi connectivity index (χ1) is 6.78. The van der Waals surface area contributed by atoms with Crippen molar-refractivity contribution >= 4 is 0 Å². The zero-order chi connectivity index (χ0) is 10.6. The maximum absolute atomic E-state index is 8.72. The van der Waals surface area contributed by atoms with Gasteiger partial charge in [-0.05, 0) is 12.1 Å². The quantitative estimate of drug-likeness (QED) is 0.595. The molecule has 14 heavy (non-hydrogen) atoms. The minimum absolute atomic E-state index is 0.0333. The van der Waals surface area contributed by atoms with Crippen LogP contribution in [-0.4, -0.2) is 0 Å². The maximum atomic E-state index is 8.72. The lowest BCUT2D eigenvalue weighted by Crippen LogP contribution is -1.93. The summed E-state index contributed by atoms with van der Waals surface area (Å²) in [4.78, 5) is 0. The summed E-state index contributed by atoms with van der Waals surface area (Å²) in [7, 11) is 0. The molecule has 0 bridgehead atoms. The summed E-state index contributed by atoms with van der Waals surface area (Å²) < 4.78 is 0. The molecule has 0 unspecified atom stereocenters. The highest BCUT2D eigenvalue weighted by Gasteiger charge is 2.12. The molecule has 62 valence electrons. The van der Waals surface area contributed by atoms with Gasteiger partial charge in [-0.1, -0.05) is 0 Å². The third kappa shape index (κ3) is 1.25. The van der Waals surface area contributed by atoms with Gasteiger partial charge >= 0.3 is 0 Å². The van der Waals surface area contributed by atoms with E-state index in [9.17, 15) is 0 Å². The fourth-order valence-electron chi connectivity index (χ4n) is 1.02. The van der Waals surface area contributed by atoms with E-state index in [1.54, 1.807) is 24.3 Å². The second-order valence-electron chi connectivity index (χ2n) is 2.36. The van der Waals surface area contributed by atoms with E-state index in [-0.39, 0.29) is 22.3 Å². The van der Waals surface area contributed by atoms with Crippen molar-refractivity contribution in [3.05, 3.63) is 34.4 Å². The van der Waals surface area contributed by atoms with Gasteiger partial charge in [0.2, 0.25) is 0 Å². The van der Waals surface area contributed by atoms with E-state index >= 15 is 0 Å². The van der Waals surface area contributed by atoms with Crippen molar-refractivity contribution in [1.82, 2.24) is 0 Å². The van der Waals surface area contributed by atoms with E-state index in [0.717, 1.165) is 0 Å². The van der Waals surface area contributed by atoms with E-state index < -0.39 is 0 Å². The van der Waals surface area contributed by atoms with E-state index in [0.29, 0.717) is 0 Å². The lowest BCUT2D eigenvalue weighted by atomic mass is 9.99. The molecule has 0 aromatic heterocycles. The highest BCUT2D eigenvalue weighted by Crippen LogP contribution is 2.16. The van der Waals surface area contributed by atoms with Crippen LogP contribution in [0.5, 0.6) is 0 Å². The van der Waals surface area contributed by atoms with Crippen molar-refractivity contribution in [3.63, 3.8) is 0 Å². The highest BCUT2D eigenvalue weighted by atomic mass is 14.3. The molecule has 0 atom stereocenters. The van der Waals surface area contributed by atoms with Crippen LogP contribution in [-0.2, 0) is 0 Å². The molecule has 0 aliphatic heterocycles. The molecule has 1 aromatic rings.